The molecule has 1 fully saturated rings. The normalized spacial score (nSPS) is 14.5. The monoisotopic (exact) mass is 414 g/mol. The van der Waals surface area contributed by atoms with Crippen LogP contribution in [0.1, 0.15) is 36.0 Å². The fourth-order valence-corrected chi connectivity index (χ4v) is 3.20. The summed E-state index contributed by atoms with van der Waals surface area (Å²) in [6, 6.07) is 5.35. The lowest BCUT2D eigenvalue weighted by Crippen LogP contribution is -2.33. The number of rotatable bonds is 8. The summed E-state index contributed by atoms with van der Waals surface area (Å²) >= 11 is 11.2. The van der Waals surface area contributed by atoms with Gasteiger partial charge < -0.3 is 20.4 Å². The highest BCUT2D eigenvalue weighted by atomic mass is 35.5. The van der Waals surface area contributed by atoms with E-state index >= 15 is 0 Å². The first-order valence-corrected chi connectivity index (χ1v) is 10.2. The number of hydrogen-bond acceptors (Lipinski definition) is 4. The lowest BCUT2D eigenvalue weighted by Gasteiger charge is -2.30. The maximum atomic E-state index is 12.8. The molecule has 1 heterocycles. The maximum absolute atomic E-state index is 12.8. The van der Waals surface area contributed by atoms with Crippen LogP contribution < -0.4 is 15.5 Å². The van der Waals surface area contributed by atoms with Crippen LogP contribution in [0, 0.1) is 0 Å². The topological polar surface area (TPSA) is 64.7 Å². The minimum absolute atomic E-state index is 0.140. The van der Waals surface area contributed by atoms with Gasteiger partial charge in [0.1, 0.15) is 0 Å². The van der Waals surface area contributed by atoms with E-state index in [1.54, 1.807) is 12.1 Å². The Bertz CT molecular complexity index is 647. The standard InChI is InChI=1S/C19H28Cl2N4O2/c1-24(2)10-6-9-22-18(26)15-13-14(23-19(27)17(20)21)7-8-16(15)25-11-4-3-5-12-25/h7-8,13,17H,3-6,9-12H2,1-2H3,(H,22,26)(H,23,27). The highest BCUT2D eigenvalue weighted by Gasteiger charge is 2.20. The summed E-state index contributed by atoms with van der Waals surface area (Å²) in [4.78, 5) is 27.7. The first kappa shape index (κ1) is 21.8. The van der Waals surface area contributed by atoms with Crippen LogP contribution in [0.5, 0.6) is 0 Å². The molecule has 0 aromatic heterocycles. The summed E-state index contributed by atoms with van der Waals surface area (Å²) < 4.78 is 0. The second kappa shape index (κ2) is 10.7. The second-order valence-electron chi connectivity index (χ2n) is 6.98. The molecule has 0 spiro atoms. The first-order chi connectivity index (χ1) is 12.9. The molecule has 6 nitrogen and oxygen atoms in total. The summed E-state index contributed by atoms with van der Waals surface area (Å²) in [6.07, 6.45) is 4.31. The molecule has 0 radical (unpaired) electrons. The van der Waals surface area contributed by atoms with Gasteiger partial charge in [0.15, 0.2) is 4.84 Å². The predicted molar refractivity (Wildman–Crippen MR) is 112 cm³/mol. The molecule has 0 unspecified atom stereocenters. The van der Waals surface area contributed by atoms with E-state index in [1.807, 2.05) is 20.2 Å². The van der Waals surface area contributed by atoms with Gasteiger partial charge in [-0.05, 0) is 64.5 Å². The van der Waals surface area contributed by atoms with Crippen LogP contribution in [0.25, 0.3) is 0 Å². The van der Waals surface area contributed by atoms with Crippen molar-refractivity contribution in [3.05, 3.63) is 23.8 Å². The van der Waals surface area contributed by atoms with Gasteiger partial charge in [-0.3, -0.25) is 9.59 Å². The second-order valence-corrected chi connectivity index (χ2v) is 8.08. The maximum Gasteiger partial charge on any atom is 0.257 e. The highest BCUT2D eigenvalue weighted by Crippen LogP contribution is 2.27. The van der Waals surface area contributed by atoms with Gasteiger partial charge in [0.25, 0.3) is 11.8 Å². The molecule has 1 aliphatic rings. The summed E-state index contributed by atoms with van der Waals surface area (Å²) in [5, 5.41) is 5.62. The largest absolute Gasteiger partial charge is 0.371 e. The molecule has 2 rings (SSSR count). The van der Waals surface area contributed by atoms with E-state index in [0.717, 1.165) is 44.6 Å². The lowest BCUT2D eigenvalue weighted by molar-refractivity contribution is -0.114. The van der Waals surface area contributed by atoms with Gasteiger partial charge in [0, 0.05) is 31.0 Å². The number of alkyl halides is 2. The molecule has 1 aromatic carbocycles. The Morgan fingerprint density at radius 2 is 1.89 bits per heavy atom. The Kier molecular flexibility index (Phi) is 8.67. The molecule has 0 atom stereocenters. The molecule has 0 aliphatic carbocycles. The number of hydrogen-bond donors (Lipinski definition) is 2. The van der Waals surface area contributed by atoms with Crippen LogP contribution in [0.2, 0.25) is 0 Å². The van der Waals surface area contributed by atoms with Crippen molar-refractivity contribution in [3.8, 4) is 0 Å². The molecule has 2 amide bonds. The van der Waals surface area contributed by atoms with Gasteiger partial charge in [-0.1, -0.05) is 23.2 Å². The number of piperidine rings is 1. The number of carbonyl (C=O) groups excluding carboxylic acids is 2. The molecule has 0 bridgehead atoms. The van der Waals surface area contributed by atoms with Crippen molar-refractivity contribution in [2.24, 2.45) is 0 Å². The number of amides is 2. The minimum Gasteiger partial charge on any atom is -0.371 e. The summed E-state index contributed by atoms with van der Waals surface area (Å²) in [6.45, 7) is 3.36. The Hall–Kier alpha value is -1.50. The summed E-state index contributed by atoms with van der Waals surface area (Å²) in [7, 11) is 4.01. The molecule has 1 saturated heterocycles. The third kappa shape index (κ3) is 6.87. The molecule has 0 saturated carbocycles. The molecule has 150 valence electrons. The highest BCUT2D eigenvalue weighted by molar-refractivity contribution is 6.54. The number of carbonyl (C=O) groups is 2. The summed E-state index contributed by atoms with van der Waals surface area (Å²) in [5.74, 6) is -0.653. The quantitative estimate of drug-likeness (QED) is 0.506. The third-order valence-corrected chi connectivity index (χ3v) is 4.87. The van der Waals surface area contributed by atoms with Crippen molar-refractivity contribution < 1.29 is 9.59 Å². The van der Waals surface area contributed by atoms with Crippen molar-refractivity contribution in [1.29, 1.82) is 0 Å². The number of anilines is 2. The average Bonchev–Trinajstić information content (AvgIpc) is 2.65. The van der Waals surface area contributed by atoms with E-state index in [4.69, 9.17) is 23.2 Å². The minimum atomic E-state index is -1.16. The van der Waals surface area contributed by atoms with E-state index < -0.39 is 10.7 Å². The lowest BCUT2D eigenvalue weighted by atomic mass is 10.1. The van der Waals surface area contributed by atoms with Crippen molar-refractivity contribution in [3.63, 3.8) is 0 Å². The van der Waals surface area contributed by atoms with Crippen LogP contribution >= 0.6 is 23.2 Å². The van der Waals surface area contributed by atoms with Crippen LogP contribution in [0.15, 0.2) is 18.2 Å². The van der Waals surface area contributed by atoms with E-state index in [9.17, 15) is 9.59 Å². The molecule has 1 aliphatic heterocycles. The number of halogens is 2. The molecule has 27 heavy (non-hydrogen) atoms. The fraction of sp³-hybridized carbons (Fsp3) is 0.579. The predicted octanol–water partition coefficient (Wildman–Crippen LogP) is 3.10. The number of nitrogens with zero attached hydrogens (tertiary/aromatic N) is 2. The molecular weight excluding hydrogens is 387 g/mol. The Labute approximate surface area is 171 Å². The fourth-order valence-electron chi connectivity index (χ4n) is 3.10. The van der Waals surface area contributed by atoms with E-state index in [0.29, 0.717) is 17.8 Å². The molecule has 1 aromatic rings. The average molecular weight is 415 g/mol. The van der Waals surface area contributed by atoms with E-state index in [-0.39, 0.29) is 5.91 Å². The van der Waals surface area contributed by atoms with Gasteiger partial charge >= 0.3 is 0 Å². The van der Waals surface area contributed by atoms with Crippen molar-refractivity contribution >= 4 is 46.4 Å². The Balaban J connectivity index is 2.17. The van der Waals surface area contributed by atoms with Crippen molar-refractivity contribution in [2.45, 2.75) is 30.5 Å². The van der Waals surface area contributed by atoms with E-state index in [1.165, 1.54) is 6.42 Å². The van der Waals surface area contributed by atoms with Gasteiger partial charge in [-0.15, -0.1) is 0 Å². The molecule has 2 N–H and O–H groups in total. The van der Waals surface area contributed by atoms with E-state index in [2.05, 4.69) is 20.4 Å². The van der Waals surface area contributed by atoms with Gasteiger partial charge in [0.2, 0.25) is 0 Å². The molecule has 8 heteroatoms. The van der Waals surface area contributed by atoms with Gasteiger partial charge in [-0.25, -0.2) is 0 Å². The number of benzene rings is 1. The van der Waals surface area contributed by atoms with Crippen LogP contribution in [0.3, 0.4) is 0 Å². The summed E-state index contributed by atoms with van der Waals surface area (Å²) in [5.41, 5.74) is 1.96. The zero-order valence-electron chi connectivity index (χ0n) is 15.9. The zero-order valence-corrected chi connectivity index (χ0v) is 17.4. The smallest absolute Gasteiger partial charge is 0.257 e. The first-order valence-electron chi connectivity index (χ1n) is 9.29. The van der Waals surface area contributed by atoms with Crippen molar-refractivity contribution in [1.82, 2.24) is 10.2 Å². The molecular formula is C19H28Cl2N4O2. The number of nitrogens with one attached hydrogen (secondary N) is 2. The zero-order chi connectivity index (χ0) is 19.8. The van der Waals surface area contributed by atoms with Crippen molar-refractivity contribution in [2.75, 3.05) is 50.5 Å². The SMILES string of the molecule is CN(C)CCCNC(=O)c1cc(NC(=O)C(Cl)Cl)ccc1N1CCCCC1. The van der Waals surface area contributed by atoms with Crippen LogP contribution in [-0.2, 0) is 4.79 Å². The third-order valence-electron chi connectivity index (χ3n) is 4.47. The Morgan fingerprint density at radius 3 is 2.52 bits per heavy atom. The van der Waals surface area contributed by atoms with Gasteiger partial charge in [-0.2, -0.15) is 0 Å². The van der Waals surface area contributed by atoms with Gasteiger partial charge in [0.05, 0.1) is 5.56 Å². The van der Waals surface area contributed by atoms with Crippen LogP contribution in [0.4, 0.5) is 11.4 Å². The Morgan fingerprint density at radius 1 is 1.19 bits per heavy atom. The van der Waals surface area contributed by atoms with Crippen LogP contribution in [-0.4, -0.2) is 61.8 Å².